The number of carbonyl (C=O) groups is 2. The molecule has 0 spiro atoms. The Kier molecular flexibility index (Phi) is 19.7. The number of hydrogen-bond acceptors (Lipinski definition) is 11. The quantitative estimate of drug-likeness (QED) is 0.0848. The summed E-state index contributed by atoms with van der Waals surface area (Å²) in [5.41, 5.74) is -0.238. The number of sulfone groups is 2. The number of carboxylic acid groups (broad SMARTS) is 1. The van der Waals surface area contributed by atoms with Crippen molar-refractivity contribution in [3.05, 3.63) is 165 Å². The number of benzene rings is 6. The van der Waals surface area contributed by atoms with E-state index in [1.165, 1.54) is 17.4 Å². The number of hydrogen-bond donors (Lipinski definition) is 4. The second-order valence-electron chi connectivity index (χ2n) is 16.3. The predicted octanol–water partition coefficient (Wildman–Crippen LogP) is 9.90. The number of phenols is 2. The van der Waals surface area contributed by atoms with Gasteiger partial charge in [0.05, 0.1) is 39.3 Å². The number of phenolic OH excluding ortho intramolecular Hbond substituents is 2. The lowest BCUT2D eigenvalue weighted by Crippen LogP contribution is -2.30. The molecule has 2 atom stereocenters. The number of ether oxygens (including phenoxy) is 2. The van der Waals surface area contributed by atoms with Crippen LogP contribution in [0, 0.1) is 23.3 Å². The van der Waals surface area contributed by atoms with Crippen LogP contribution in [0.25, 0.3) is 22.3 Å². The SMILES string of the molecule is CO[C@@H]1CCN(C(=O)c2cc(Cl)c(O)c(S(=O)(=O)Cc3cc(-c4ccccc4)c(F)cc3F)c2)C1.CO[C@@H]1CCNC1.Cl.O=C(O)c1cc(Cl)c(O)c(S(=O)(=O)Cc2cc(-c3ccccc3)c(F)cc2F)c1. The maximum absolute atomic E-state index is 14.6. The molecule has 0 unspecified atom stereocenters. The van der Waals surface area contributed by atoms with Crippen molar-refractivity contribution in [1.82, 2.24) is 10.2 Å². The maximum Gasteiger partial charge on any atom is 0.335 e. The average Bonchev–Trinajstić information content (AvgIpc) is 4.06. The molecule has 0 aliphatic carbocycles. The number of aromatic carboxylic acids is 1. The highest BCUT2D eigenvalue weighted by Gasteiger charge is 2.31. The second kappa shape index (κ2) is 24.8. The van der Waals surface area contributed by atoms with Gasteiger partial charge in [-0.05, 0) is 66.9 Å². The molecule has 2 aliphatic rings. The van der Waals surface area contributed by atoms with Crippen molar-refractivity contribution in [3.63, 3.8) is 0 Å². The van der Waals surface area contributed by atoms with Crippen LogP contribution in [0.5, 0.6) is 11.5 Å². The zero-order valence-corrected chi connectivity index (χ0v) is 42.2. The molecule has 4 N–H and O–H groups in total. The summed E-state index contributed by atoms with van der Waals surface area (Å²) in [6.45, 7) is 2.91. The molecule has 0 aromatic heterocycles. The van der Waals surface area contributed by atoms with Crippen LogP contribution >= 0.6 is 35.6 Å². The molecular formula is C50H47Cl3F4N2O11S2. The first-order valence-corrected chi connectivity index (χ1v) is 25.6. The molecule has 72 heavy (non-hydrogen) atoms. The largest absolute Gasteiger partial charge is 0.505 e. The summed E-state index contributed by atoms with van der Waals surface area (Å²) in [5, 5.41) is 31.9. The number of amides is 1. The monoisotopic (exact) mass is 1100 g/mol. The van der Waals surface area contributed by atoms with E-state index in [1.807, 2.05) is 0 Å². The molecule has 2 fully saturated rings. The third kappa shape index (κ3) is 13.8. The molecule has 2 heterocycles. The summed E-state index contributed by atoms with van der Waals surface area (Å²) in [4.78, 5) is 24.2. The fraction of sp³-hybridized carbons (Fsp3) is 0.240. The van der Waals surface area contributed by atoms with Crippen LogP contribution in [0.15, 0.2) is 119 Å². The highest BCUT2D eigenvalue weighted by molar-refractivity contribution is 7.91. The number of carboxylic acids is 1. The summed E-state index contributed by atoms with van der Waals surface area (Å²) in [6.07, 6.45) is 2.17. The van der Waals surface area contributed by atoms with Crippen LogP contribution in [-0.4, -0.2) is 102 Å². The lowest BCUT2D eigenvalue weighted by atomic mass is 10.0. The zero-order chi connectivity index (χ0) is 51.8. The Morgan fingerprint density at radius 3 is 1.49 bits per heavy atom. The Bertz CT molecular complexity index is 3150. The first kappa shape index (κ1) is 57.1. The van der Waals surface area contributed by atoms with E-state index >= 15 is 0 Å². The highest BCUT2D eigenvalue weighted by Crippen LogP contribution is 2.38. The zero-order valence-electron chi connectivity index (χ0n) is 38.3. The second-order valence-corrected chi connectivity index (χ2v) is 21.0. The van der Waals surface area contributed by atoms with E-state index in [0.717, 1.165) is 43.4 Å². The highest BCUT2D eigenvalue weighted by atomic mass is 35.5. The summed E-state index contributed by atoms with van der Waals surface area (Å²) in [5.74, 6) is -9.18. The molecule has 2 aliphatic heterocycles. The van der Waals surface area contributed by atoms with E-state index < -0.39 is 98.2 Å². The van der Waals surface area contributed by atoms with Gasteiger partial charge >= 0.3 is 5.97 Å². The van der Waals surface area contributed by atoms with Gasteiger partial charge in [-0.3, -0.25) is 4.79 Å². The molecule has 6 aromatic rings. The summed E-state index contributed by atoms with van der Waals surface area (Å²) >= 11 is 11.8. The maximum atomic E-state index is 14.6. The van der Waals surface area contributed by atoms with Crippen LogP contribution in [0.1, 0.15) is 44.7 Å². The van der Waals surface area contributed by atoms with Gasteiger partial charge in [-0.15, -0.1) is 12.4 Å². The standard InChI is InChI=1S/C25H22ClF2NO5S.C20H13ClF2O5S.C5H11NO.ClH/c1-34-18-7-8-29(13-18)25(31)16-10-20(26)24(30)23(11-16)35(32,33)14-17-9-19(22(28)12-21(17)27)15-5-3-2-4-6-15;21-15-7-12(20(25)26)8-18(19(15)24)29(27,28)10-13-6-14(17(23)9-16(13)22)11-4-2-1-3-5-11;1-7-5-2-3-6-4-5;/h2-6,9-12,18,30H,7-8,13-14H2,1H3;1-9,24H,10H2,(H,25,26);5-6H,2-4H2,1H3;1H/t18-;;5-;/m1.1./s1. The number of likely N-dealkylation sites (tertiary alicyclic amines) is 1. The molecule has 384 valence electrons. The van der Waals surface area contributed by atoms with E-state index in [4.69, 9.17) is 37.8 Å². The van der Waals surface area contributed by atoms with Gasteiger partial charge in [0, 0.05) is 73.8 Å². The number of halogens is 7. The summed E-state index contributed by atoms with van der Waals surface area (Å²) in [7, 11) is -5.50. The molecule has 0 saturated carbocycles. The normalized spacial score (nSPS) is 15.4. The lowest BCUT2D eigenvalue weighted by molar-refractivity contribution is 0.0694. The molecule has 0 bridgehead atoms. The van der Waals surface area contributed by atoms with E-state index in [9.17, 15) is 54.2 Å². The molecule has 13 nitrogen and oxygen atoms in total. The third-order valence-corrected chi connectivity index (χ3v) is 15.4. The lowest BCUT2D eigenvalue weighted by Gasteiger charge is -2.18. The number of aromatic hydroxyl groups is 2. The smallest absolute Gasteiger partial charge is 0.335 e. The summed E-state index contributed by atoms with van der Waals surface area (Å²) < 4.78 is 120. The molecule has 1 amide bonds. The molecule has 0 radical (unpaired) electrons. The van der Waals surface area contributed by atoms with Crippen molar-refractivity contribution < 1.29 is 68.8 Å². The number of nitrogens with one attached hydrogen (secondary N) is 1. The van der Waals surface area contributed by atoms with Crippen LogP contribution in [0.2, 0.25) is 10.0 Å². The molecule has 22 heteroatoms. The Labute approximate surface area is 429 Å². The van der Waals surface area contributed by atoms with Crippen molar-refractivity contribution in [2.45, 2.75) is 46.3 Å². The molecule has 6 aromatic carbocycles. The van der Waals surface area contributed by atoms with Crippen molar-refractivity contribution in [2.75, 3.05) is 40.4 Å². The average molecular weight is 1100 g/mol. The minimum absolute atomic E-state index is 0. The van der Waals surface area contributed by atoms with Crippen molar-refractivity contribution >= 4 is 67.2 Å². The van der Waals surface area contributed by atoms with Gasteiger partial charge in [0.2, 0.25) is 0 Å². The van der Waals surface area contributed by atoms with Crippen LogP contribution < -0.4 is 5.32 Å². The minimum atomic E-state index is -4.42. The number of carbonyl (C=O) groups excluding carboxylic acids is 1. The predicted molar refractivity (Wildman–Crippen MR) is 265 cm³/mol. The minimum Gasteiger partial charge on any atom is -0.505 e. The van der Waals surface area contributed by atoms with Crippen molar-refractivity contribution in [3.8, 4) is 33.8 Å². The molecular weight excluding hydrogens is 1050 g/mol. The van der Waals surface area contributed by atoms with Gasteiger partial charge in [0.25, 0.3) is 5.91 Å². The Hall–Kier alpha value is -5.77. The Morgan fingerprint density at radius 2 is 1.10 bits per heavy atom. The number of methoxy groups -OCH3 is 2. The van der Waals surface area contributed by atoms with E-state index in [1.54, 1.807) is 74.9 Å². The molecule has 8 rings (SSSR count). The van der Waals surface area contributed by atoms with Gasteiger partial charge in [-0.25, -0.2) is 39.2 Å². The number of rotatable bonds is 12. The van der Waals surface area contributed by atoms with Gasteiger partial charge in [-0.1, -0.05) is 83.9 Å². The van der Waals surface area contributed by atoms with Crippen LogP contribution in [0.4, 0.5) is 17.6 Å². The van der Waals surface area contributed by atoms with Gasteiger partial charge in [0.15, 0.2) is 31.2 Å². The number of nitrogens with zero attached hydrogens (tertiary/aromatic N) is 1. The Morgan fingerprint density at radius 1 is 0.653 bits per heavy atom. The summed E-state index contributed by atoms with van der Waals surface area (Å²) in [6, 6.07) is 23.7. The van der Waals surface area contributed by atoms with Crippen molar-refractivity contribution in [2.24, 2.45) is 0 Å². The fourth-order valence-corrected chi connectivity index (χ4v) is 11.2. The molecule has 2 saturated heterocycles. The van der Waals surface area contributed by atoms with Gasteiger partial charge in [0.1, 0.15) is 33.1 Å². The topological polar surface area (TPSA) is 197 Å². The van der Waals surface area contributed by atoms with Crippen LogP contribution in [-0.2, 0) is 40.7 Å². The first-order valence-electron chi connectivity index (χ1n) is 21.5. The third-order valence-electron chi connectivity index (χ3n) is 11.5. The Balaban J connectivity index is 0.000000235. The van der Waals surface area contributed by atoms with Crippen LogP contribution in [0.3, 0.4) is 0 Å². The fourth-order valence-electron chi connectivity index (χ4n) is 7.64. The van der Waals surface area contributed by atoms with E-state index in [0.29, 0.717) is 48.9 Å². The van der Waals surface area contributed by atoms with E-state index in [-0.39, 0.29) is 51.4 Å². The van der Waals surface area contributed by atoms with Crippen molar-refractivity contribution in [1.29, 1.82) is 0 Å². The van der Waals surface area contributed by atoms with E-state index in [2.05, 4.69) is 5.32 Å². The first-order chi connectivity index (χ1) is 33.6. The van der Waals surface area contributed by atoms with Gasteiger partial charge < -0.3 is 35.0 Å². The van der Waals surface area contributed by atoms with Gasteiger partial charge in [-0.2, -0.15) is 0 Å².